The van der Waals surface area contributed by atoms with Crippen LogP contribution in [0.4, 0.5) is 11.6 Å². The van der Waals surface area contributed by atoms with Crippen LogP contribution in [-0.4, -0.2) is 80.4 Å². The normalized spacial score (nSPS) is 17.9. The largest absolute Gasteiger partial charge is 0.404 e. The highest BCUT2D eigenvalue weighted by atomic mass is 16.5. The molecule has 2 aliphatic rings. The molecule has 1 aromatic rings. The molecule has 0 aliphatic carbocycles. The van der Waals surface area contributed by atoms with Crippen LogP contribution >= 0.6 is 0 Å². The van der Waals surface area contributed by atoms with Crippen molar-refractivity contribution in [1.29, 1.82) is 10.7 Å². The SMILES string of the molecule is COC(C)(C)C.N#CC1(c2cc(N3CCOCC3)nc(/N=C(N)\C=C/N)c2C=N)CN(C=O)C1. The number of carbonyl (C=O) groups is 1. The van der Waals surface area contributed by atoms with Gasteiger partial charge >= 0.3 is 0 Å². The molecule has 0 bridgehead atoms. The van der Waals surface area contributed by atoms with E-state index in [-0.39, 0.29) is 30.3 Å². The van der Waals surface area contributed by atoms with Crippen molar-refractivity contribution < 1.29 is 14.3 Å². The molecular weight excluding hydrogens is 436 g/mol. The maximum absolute atomic E-state index is 11.1. The highest BCUT2D eigenvalue weighted by molar-refractivity contribution is 5.96. The first kappa shape index (κ1) is 26.8. The molecule has 0 atom stereocenters. The minimum Gasteiger partial charge on any atom is -0.404 e. The Hall–Kier alpha value is -3.49. The lowest BCUT2D eigenvalue weighted by Gasteiger charge is -2.44. The zero-order valence-corrected chi connectivity index (χ0v) is 20.2. The molecular formula is C23H34N8O3. The summed E-state index contributed by atoms with van der Waals surface area (Å²) in [4.78, 5) is 23.5. The van der Waals surface area contributed by atoms with Crippen LogP contribution in [0.25, 0.3) is 0 Å². The van der Waals surface area contributed by atoms with Crippen molar-refractivity contribution in [3.05, 3.63) is 29.5 Å². The minimum absolute atomic E-state index is 0.0417. The van der Waals surface area contributed by atoms with E-state index in [0.29, 0.717) is 49.7 Å². The predicted molar refractivity (Wildman–Crippen MR) is 131 cm³/mol. The fourth-order valence-corrected chi connectivity index (χ4v) is 3.39. The smallest absolute Gasteiger partial charge is 0.209 e. The number of aromatic nitrogens is 1. The van der Waals surface area contributed by atoms with Crippen LogP contribution in [0.1, 0.15) is 31.9 Å². The van der Waals surface area contributed by atoms with Gasteiger partial charge in [-0.15, -0.1) is 0 Å². The summed E-state index contributed by atoms with van der Waals surface area (Å²) >= 11 is 0. The van der Waals surface area contributed by atoms with Crippen LogP contribution in [-0.2, 0) is 19.7 Å². The van der Waals surface area contributed by atoms with E-state index < -0.39 is 5.41 Å². The Balaban J connectivity index is 0.000000604. The van der Waals surface area contributed by atoms with Crippen LogP contribution in [0.2, 0.25) is 0 Å². The monoisotopic (exact) mass is 470 g/mol. The van der Waals surface area contributed by atoms with Gasteiger partial charge < -0.3 is 36.2 Å². The second kappa shape index (κ2) is 11.6. The molecule has 2 saturated heterocycles. The lowest BCUT2D eigenvalue weighted by Crippen LogP contribution is -2.58. The van der Waals surface area contributed by atoms with Gasteiger partial charge in [0.1, 0.15) is 17.1 Å². The maximum atomic E-state index is 11.1. The number of carbonyl (C=O) groups excluding carboxylic acids is 1. The molecule has 11 heteroatoms. The molecule has 0 aromatic carbocycles. The molecule has 3 rings (SSSR count). The predicted octanol–water partition coefficient (Wildman–Crippen LogP) is 1.04. The Morgan fingerprint density at radius 1 is 1.38 bits per heavy atom. The summed E-state index contributed by atoms with van der Waals surface area (Å²) in [6.45, 7) is 9.01. The maximum Gasteiger partial charge on any atom is 0.209 e. The number of aliphatic imine (C=N–C) groups is 1. The molecule has 5 N–H and O–H groups in total. The number of likely N-dealkylation sites (tertiary alicyclic amines) is 1. The third-order valence-electron chi connectivity index (χ3n) is 5.44. The summed E-state index contributed by atoms with van der Waals surface area (Å²) in [5.41, 5.74) is 11.4. The number of amidine groups is 1. The summed E-state index contributed by atoms with van der Waals surface area (Å²) in [7, 11) is 1.71. The second-order valence-corrected chi connectivity index (χ2v) is 8.93. The van der Waals surface area contributed by atoms with Gasteiger partial charge in [0, 0.05) is 45.1 Å². The van der Waals surface area contributed by atoms with Crippen molar-refractivity contribution in [2.24, 2.45) is 16.5 Å². The van der Waals surface area contributed by atoms with Crippen molar-refractivity contribution in [3.8, 4) is 6.07 Å². The second-order valence-electron chi connectivity index (χ2n) is 8.93. The summed E-state index contributed by atoms with van der Waals surface area (Å²) in [5, 5.41) is 17.8. The first-order valence-corrected chi connectivity index (χ1v) is 10.9. The van der Waals surface area contributed by atoms with E-state index in [4.69, 9.17) is 26.4 Å². The number of amides is 1. The number of nitrogens with one attached hydrogen (secondary N) is 1. The van der Waals surface area contributed by atoms with Gasteiger partial charge in [-0.25, -0.2) is 9.98 Å². The van der Waals surface area contributed by atoms with E-state index in [1.807, 2.05) is 31.7 Å². The zero-order valence-electron chi connectivity index (χ0n) is 20.2. The average molecular weight is 471 g/mol. The van der Waals surface area contributed by atoms with Gasteiger partial charge in [-0.1, -0.05) is 0 Å². The van der Waals surface area contributed by atoms with E-state index in [1.54, 1.807) is 7.11 Å². The van der Waals surface area contributed by atoms with E-state index in [1.165, 1.54) is 17.2 Å². The number of morpholine rings is 1. The van der Waals surface area contributed by atoms with Gasteiger partial charge in [0.05, 0.1) is 24.9 Å². The molecule has 2 fully saturated rings. The fraction of sp³-hybridized carbons (Fsp3) is 0.522. The Bertz CT molecular complexity index is 966. The highest BCUT2D eigenvalue weighted by Gasteiger charge is 2.46. The minimum atomic E-state index is -0.916. The Morgan fingerprint density at radius 3 is 2.47 bits per heavy atom. The third kappa shape index (κ3) is 6.52. The molecule has 0 radical (unpaired) electrons. The number of anilines is 1. The molecule has 1 amide bonds. The van der Waals surface area contributed by atoms with Gasteiger partial charge in [-0.2, -0.15) is 5.26 Å². The lowest BCUT2D eigenvalue weighted by molar-refractivity contribution is -0.123. The zero-order chi connectivity index (χ0) is 25.4. The van der Waals surface area contributed by atoms with E-state index in [2.05, 4.69) is 16.0 Å². The summed E-state index contributed by atoms with van der Waals surface area (Å²) in [6.07, 6.45) is 4.52. The van der Waals surface area contributed by atoms with Crippen molar-refractivity contribution in [1.82, 2.24) is 9.88 Å². The lowest BCUT2D eigenvalue weighted by atomic mass is 9.73. The molecule has 0 saturated carbocycles. The number of nitrogens with two attached hydrogens (primary N) is 2. The van der Waals surface area contributed by atoms with Crippen LogP contribution in [0, 0.1) is 16.7 Å². The number of rotatable bonds is 6. The Labute approximate surface area is 200 Å². The van der Waals surface area contributed by atoms with E-state index >= 15 is 0 Å². The summed E-state index contributed by atoms with van der Waals surface area (Å²) < 4.78 is 10.3. The van der Waals surface area contributed by atoms with Crippen LogP contribution in [0.5, 0.6) is 0 Å². The summed E-state index contributed by atoms with van der Waals surface area (Å²) in [6, 6.07) is 4.13. The fourth-order valence-electron chi connectivity index (χ4n) is 3.39. The van der Waals surface area contributed by atoms with Crippen molar-refractivity contribution >= 4 is 30.1 Å². The number of methoxy groups -OCH3 is 1. The molecule has 0 unspecified atom stereocenters. The van der Waals surface area contributed by atoms with Gasteiger partial charge in [0.2, 0.25) is 6.41 Å². The molecule has 0 spiro atoms. The molecule has 2 aliphatic heterocycles. The topological polar surface area (TPSA) is 167 Å². The number of hydrogen-bond acceptors (Lipinski definition) is 9. The number of hydrogen-bond donors (Lipinski definition) is 3. The van der Waals surface area contributed by atoms with Gasteiger partial charge in [-0.3, -0.25) is 4.79 Å². The van der Waals surface area contributed by atoms with Gasteiger partial charge in [-0.05, 0) is 44.7 Å². The molecule has 1 aromatic heterocycles. The number of ether oxygens (including phenoxy) is 2. The number of nitrogens with zero attached hydrogens (tertiary/aromatic N) is 5. The number of nitriles is 1. The van der Waals surface area contributed by atoms with Crippen molar-refractivity contribution in [2.75, 3.05) is 51.4 Å². The highest BCUT2D eigenvalue weighted by Crippen LogP contribution is 2.39. The molecule has 3 heterocycles. The third-order valence-corrected chi connectivity index (χ3v) is 5.44. The van der Waals surface area contributed by atoms with E-state index in [0.717, 1.165) is 6.21 Å². The van der Waals surface area contributed by atoms with Crippen molar-refractivity contribution in [3.63, 3.8) is 0 Å². The molecule has 11 nitrogen and oxygen atoms in total. The number of pyridine rings is 1. The summed E-state index contributed by atoms with van der Waals surface area (Å²) in [5.74, 6) is 1.01. The van der Waals surface area contributed by atoms with Crippen LogP contribution in [0.15, 0.2) is 23.3 Å². The van der Waals surface area contributed by atoms with Crippen molar-refractivity contribution in [2.45, 2.75) is 31.8 Å². The quantitative estimate of drug-likeness (QED) is 0.315. The molecule has 34 heavy (non-hydrogen) atoms. The van der Waals surface area contributed by atoms with Gasteiger partial charge in [0.15, 0.2) is 5.82 Å². The Kier molecular flexibility index (Phi) is 9.11. The van der Waals surface area contributed by atoms with Gasteiger partial charge in [0.25, 0.3) is 0 Å². The Morgan fingerprint density at radius 2 is 2.00 bits per heavy atom. The van der Waals surface area contributed by atoms with E-state index in [9.17, 15) is 10.1 Å². The molecule has 184 valence electrons. The van der Waals surface area contributed by atoms with Crippen LogP contribution in [0.3, 0.4) is 0 Å². The first-order valence-electron chi connectivity index (χ1n) is 10.9. The first-order chi connectivity index (χ1) is 16.1. The average Bonchev–Trinajstić information content (AvgIpc) is 2.79. The van der Waals surface area contributed by atoms with Crippen LogP contribution < -0.4 is 16.4 Å². The standard InChI is InChI=1S/C18H22N8O2.C5H12O/c19-2-1-15(22)23-17-13(8-20)14(18(9-21)10-25(11-18)12-27)7-16(24-17)26-3-5-28-6-4-26;1-5(2,3)6-4/h1-2,7-8,12,20H,3-6,10-11,19H2,(H2,22,23,24);1-4H3/b2-1-,20-8?;.